The Labute approximate surface area is 83.0 Å². The van der Waals surface area contributed by atoms with E-state index < -0.39 is 15.6 Å². The Bertz CT molecular complexity index is 157. The normalized spacial score (nSPS) is 11.3. The molecule has 69 valence electrons. The van der Waals surface area contributed by atoms with Crippen molar-refractivity contribution in [1.82, 2.24) is 0 Å². The van der Waals surface area contributed by atoms with Gasteiger partial charge in [0.05, 0.1) is 7.82 Å². The summed E-state index contributed by atoms with van der Waals surface area (Å²) in [7, 11) is -10.7. The van der Waals surface area contributed by atoms with E-state index in [9.17, 15) is 18.9 Å². The first-order chi connectivity index (χ1) is 3.71. The van der Waals surface area contributed by atoms with Crippen LogP contribution in [0.1, 0.15) is 0 Å². The molecule has 0 aliphatic heterocycles. The maximum absolute atomic E-state index is 9.55. The molecule has 11 heavy (non-hydrogen) atoms. The molecule has 0 bridgehead atoms. The SMILES string of the molecule is O=P([O-])([O-])OP(=O)(O)O.[Fe].[Mn+2]. The van der Waals surface area contributed by atoms with E-state index in [1.807, 2.05) is 0 Å². The Morgan fingerprint density at radius 2 is 1.45 bits per heavy atom. The molecule has 2 N–H and O–H groups in total. The summed E-state index contributed by atoms with van der Waals surface area (Å²) in [6.07, 6.45) is 0. The molecule has 0 spiro atoms. The molecule has 0 fully saturated rings. The standard InChI is InChI=1S/Fe.Mn.H4O7P2/c;;1-8(2,3)7-9(4,5)6/h;;(H2,1,2,3)(H2,4,5,6)/q;+2;/p-2. The predicted octanol–water partition coefficient (Wildman–Crippen LogP) is -2.08. The molecular weight excluding hydrogens is 285 g/mol. The van der Waals surface area contributed by atoms with Crippen LogP contribution in [0.3, 0.4) is 0 Å². The first-order valence-electron chi connectivity index (χ1n) is 1.50. The molecule has 0 rings (SSSR count). The Balaban J connectivity index is -0.000000320. The fourth-order valence-electron chi connectivity index (χ4n) is 0.130. The predicted molar refractivity (Wildman–Crippen MR) is 20.7 cm³/mol. The van der Waals surface area contributed by atoms with Gasteiger partial charge in [-0.25, -0.2) is 4.57 Å². The first kappa shape index (κ1) is 18.2. The van der Waals surface area contributed by atoms with Crippen molar-refractivity contribution in [1.29, 1.82) is 0 Å². The Morgan fingerprint density at radius 3 is 1.45 bits per heavy atom. The zero-order chi connectivity index (χ0) is 7.71. The van der Waals surface area contributed by atoms with Crippen molar-refractivity contribution in [2.24, 2.45) is 0 Å². The topological polar surface area (TPSA) is 130 Å². The van der Waals surface area contributed by atoms with Crippen molar-refractivity contribution in [3.8, 4) is 0 Å². The number of hydrogen-bond acceptors (Lipinski definition) is 5. The molecule has 0 amide bonds. The van der Waals surface area contributed by atoms with Crippen molar-refractivity contribution in [3.63, 3.8) is 0 Å². The second-order valence-corrected chi connectivity index (χ2v) is 3.55. The summed E-state index contributed by atoms with van der Waals surface area (Å²) in [6.45, 7) is 0. The van der Waals surface area contributed by atoms with Gasteiger partial charge in [-0.05, 0) is 0 Å². The average molecular weight is 287 g/mol. The van der Waals surface area contributed by atoms with Crippen LogP contribution in [0.4, 0.5) is 0 Å². The average Bonchev–Trinajstić information content (AvgIpc) is 1.14. The van der Waals surface area contributed by atoms with Gasteiger partial charge in [0.1, 0.15) is 0 Å². The third kappa shape index (κ3) is 18.3. The molecular formula is H2FeMnO7P2. The molecule has 0 saturated carbocycles. The number of hydrogen-bond donors (Lipinski definition) is 2. The quantitative estimate of drug-likeness (QED) is 0.440. The van der Waals surface area contributed by atoms with Crippen LogP contribution in [0.5, 0.6) is 0 Å². The zero-order valence-corrected chi connectivity index (χ0v) is 8.64. The van der Waals surface area contributed by atoms with E-state index in [4.69, 9.17) is 9.79 Å². The Kier molecular flexibility index (Phi) is 9.68. The van der Waals surface area contributed by atoms with Crippen LogP contribution in [0.15, 0.2) is 0 Å². The molecule has 0 aliphatic rings. The molecule has 0 saturated heterocycles. The van der Waals surface area contributed by atoms with Crippen LogP contribution < -0.4 is 9.79 Å². The van der Waals surface area contributed by atoms with Gasteiger partial charge in [0.2, 0.25) is 0 Å². The van der Waals surface area contributed by atoms with Crippen LogP contribution in [0.2, 0.25) is 0 Å². The molecule has 0 aliphatic carbocycles. The molecule has 0 atom stereocenters. The van der Waals surface area contributed by atoms with E-state index in [1.54, 1.807) is 0 Å². The van der Waals surface area contributed by atoms with Crippen molar-refractivity contribution in [3.05, 3.63) is 0 Å². The van der Waals surface area contributed by atoms with Gasteiger partial charge >= 0.3 is 24.9 Å². The molecule has 0 unspecified atom stereocenters. The zero-order valence-electron chi connectivity index (χ0n) is 4.56. The van der Waals surface area contributed by atoms with Crippen LogP contribution in [0.25, 0.3) is 0 Å². The minimum Gasteiger partial charge on any atom is -0.789 e. The maximum atomic E-state index is 9.55. The van der Waals surface area contributed by atoms with E-state index in [-0.39, 0.29) is 34.1 Å². The molecule has 7 nitrogen and oxygen atoms in total. The van der Waals surface area contributed by atoms with Crippen molar-refractivity contribution >= 4 is 15.6 Å². The minimum atomic E-state index is -5.55. The number of phosphoric acid groups is 2. The van der Waals surface area contributed by atoms with E-state index in [2.05, 4.69) is 4.31 Å². The third-order valence-electron chi connectivity index (χ3n) is 0.206. The van der Waals surface area contributed by atoms with Gasteiger partial charge in [-0.3, -0.25) is 4.31 Å². The second kappa shape index (κ2) is 5.86. The maximum Gasteiger partial charge on any atom is 2.00 e. The van der Waals surface area contributed by atoms with Crippen LogP contribution in [-0.4, -0.2) is 9.79 Å². The summed E-state index contributed by atoms with van der Waals surface area (Å²) in [5.74, 6) is 0. The van der Waals surface area contributed by atoms with Gasteiger partial charge in [0.25, 0.3) is 0 Å². The number of rotatable bonds is 2. The van der Waals surface area contributed by atoms with E-state index in [0.717, 1.165) is 0 Å². The van der Waals surface area contributed by atoms with Gasteiger partial charge in [-0.15, -0.1) is 0 Å². The molecule has 1 radical (unpaired) electrons. The van der Waals surface area contributed by atoms with Gasteiger partial charge in [0, 0.05) is 17.1 Å². The fourth-order valence-corrected chi connectivity index (χ4v) is 1.17. The fraction of sp³-hybridized carbons (Fsp3) is 0. The van der Waals surface area contributed by atoms with Gasteiger partial charge in [-0.1, -0.05) is 0 Å². The van der Waals surface area contributed by atoms with E-state index in [1.165, 1.54) is 0 Å². The first-order valence-corrected chi connectivity index (χ1v) is 4.49. The second-order valence-electron chi connectivity index (χ2n) is 1.02. The Morgan fingerprint density at radius 1 is 1.18 bits per heavy atom. The van der Waals surface area contributed by atoms with Gasteiger partial charge < -0.3 is 24.1 Å². The van der Waals surface area contributed by atoms with Crippen LogP contribution in [-0.2, 0) is 47.6 Å². The van der Waals surface area contributed by atoms with Crippen molar-refractivity contribution in [2.75, 3.05) is 0 Å². The minimum absolute atomic E-state index is 0. The molecule has 11 heteroatoms. The Hall–Kier alpha value is 1.30. The van der Waals surface area contributed by atoms with Gasteiger partial charge in [-0.2, -0.15) is 0 Å². The monoisotopic (exact) mass is 287 g/mol. The summed E-state index contributed by atoms with van der Waals surface area (Å²) in [5, 5.41) is 0. The molecule has 0 aromatic carbocycles. The summed E-state index contributed by atoms with van der Waals surface area (Å²) < 4.78 is 21.7. The molecule has 0 aromatic heterocycles. The van der Waals surface area contributed by atoms with Crippen LogP contribution in [0, 0.1) is 0 Å². The third-order valence-corrected chi connectivity index (χ3v) is 1.86. The van der Waals surface area contributed by atoms with E-state index >= 15 is 0 Å². The molecule has 0 heterocycles. The van der Waals surface area contributed by atoms with Gasteiger partial charge in [0.15, 0.2) is 0 Å². The summed E-state index contributed by atoms with van der Waals surface area (Å²) in [6, 6.07) is 0. The summed E-state index contributed by atoms with van der Waals surface area (Å²) in [4.78, 5) is 34.1. The van der Waals surface area contributed by atoms with E-state index in [0.29, 0.717) is 0 Å². The van der Waals surface area contributed by atoms with Crippen molar-refractivity contribution in [2.45, 2.75) is 0 Å². The summed E-state index contributed by atoms with van der Waals surface area (Å²) in [5.41, 5.74) is 0. The van der Waals surface area contributed by atoms with Crippen LogP contribution >= 0.6 is 15.6 Å². The summed E-state index contributed by atoms with van der Waals surface area (Å²) >= 11 is 0. The smallest absolute Gasteiger partial charge is 0.789 e. The van der Waals surface area contributed by atoms with Crippen molar-refractivity contribution < 1.29 is 67.2 Å². The molecule has 0 aromatic rings. The largest absolute Gasteiger partial charge is 2.00 e.